The molecule has 6 heteroatoms. The van der Waals surface area contributed by atoms with E-state index in [0.717, 1.165) is 12.8 Å². The molecule has 6 nitrogen and oxygen atoms in total. The maximum absolute atomic E-state index is 11.7. The Morgan fingerprint density at radius 2 is 2.26 bits per heavy atom. The summed E-state index contributed by atoms with van der Waals surface area (Å²) >= 11 is 0. The zero-order chi connectivity index (χ0) is 13.8. The van der Waals surface area contributed by atoms with Crippen molar-refractivity contribution < 1.29 is 18.7 Å². The number of hydrogen-bond donors (Lipinski definition) is 2. The number of furan rings is 1. The summed E-state index contributed by atoms with van der Waals surface area (Å²) in [5.74, 6) is 0.142. The number of amides is 1. The Bertz CT molecular complexity index is 465. The zero-order valence-electron chi connectivity index (χ0n) is 11.1. The van der Waals surface area contributed by atoms with E-state index in [1.165, 1.54) is 13.4 Å². The first-order chi connectivity index (χ1) is 9.10. The lowest BCUT2D eigenvalue weighted by Crippen LogP contribution is -2.42. The molecule has 1 atom stereocenters. The fourth-order valence-electron chi connectivity index (χ4n) is 1.60. The molecule has 0 bridgehead atoms. The first-order valence-electron chi connectivity index (χ1n) is 6.29. The molecule has 1 amide bonds. The van der Waals surface area contributed by atoms with Crippen molar-refractivity contribution in [3.8, 4) is 0 Å². The highest BCUT2D eigenvalue weighted by molar-refractivity contribution is 5.89. The van der Waals surface area contributed by atoms with Crippen LogP contribution in [0, 0.1) is 0 Å². The number of rotatable bonds is 6. The first kappa shape index (κ1) is 13.6. The molecule has 1 heterocycles. The molecule has 1 aliphatic carbocycles. The van der Waals surface area contributed by atoms with Crippen molar-refractivity contribution in [3.05, 3.63) is 23.7 Å². The summed E-state index contributed by atoms with van der Waals surface area (Å²) in [4.78, 5) is 22.9. The predicted molar refractivity (Wildman–Crippen MR) is 67.5 cm³/mol. The topological polar surface area (TPSA) is 80.6 Å². The van der Waals surface area contributed by atoms with Gasteiger partial charge in [0.25, 0.3) is 0 Å². The number of nitrogens with one attached hydrogen (secondary N) is 2. The Morgan fingerprint density at radius 3 is 2.89 bits per heavy atom. The Balaban J connectivity index is 1.79. The van der Waals surface area contributed by atoms with Crippen LogP contribution in [0.5, 0.6) is 0 Å². The Labute approximate surface area is 111 Å². The Kier molecular flexibility index (Phi) is 4.21. The maximum Gasteiger partial charge on any atom is 0.341 e. The van der Waals surface area contributed by atoms with Gasteiger partial charge in [-0.1, -0.05) is 0 Å². The largest absolute Gasteiger partial charge is 0.467 e. The van der Waals surface area contributed by atoms with Gasteiger partial charge in [0.15, 0.2) is 0 Å². The van der Waals surface area contributed by atoms with E-state index in [2.05, 4.69) is 15.4 Å². The highest BCUT2D eigenvalue weighted by atomic mass is 16.5. The second-order valence-electron chi connectivity index (χ2n) is 4.68. The molecule has 104 valence electrons. The molecule has 0 spiro atoms. The van der Waals surface area contributed by atoms with E-state index in [-0.39, 0.29) is 11.9 Å². The van der Waals surface area contributed by atoms with Gasteiger partial charge in [-0.15, -0.1) is 0 Å². The fourth-order valence-corrected chi connectivity index (χ4v) is 1.60. The molecule has 1 fully saturated rings. The average Bonchev–Trinajstić information content (AvgIpc) is 3.09. The summed E-state index contributed by atoms with van der Waals surface area (Å²) in [5, 5.41) is 5.96. The van der Waals surface area contributed by atoms with E-state index in [9.17, 15) is 9.59 Å². The molecule has 2 rings (SSSR count). The van der Waals surface area contributed by atoms with Gasteiger partial charge in [-0.25, -0.2) is 4.79 Å². The van der Waals surface area contributed by atoms with Gasteiger partial charge < -0.3 is 14.5 Å². The van der Waals surface area contributed by atoms with Crippen LogP contribution in [-0.4, -0.2) is 31.1 Å². The van der Waals surface area contributed by atoms with Gasteiger partial charge in [0, 0.05) is 6.04 Å². The molecule has 1 aromatic heterocycles. The monoisotopic (exact) mass is 266 g/mol. The normalized spacial score (nSPS) is 15.9. The molecule has 1 aromatic rings. The van der Waals surface area contributed by atoms with Gasteiger partial charge >= 0.3 is 5.97 Å². The summed E-state index contributed by atoms with van der Waals surface area (Å²) < 4.78 is 9.80. The van der Waals surface area contributed by atoms with Crippen LogP contribution in [0.25, 0.3) is 0 Å². The van der Waals surface area contributed by atoms with Crippen LogP contribution in [0.2, 0.25) is 0 Å². The summed E-state index contributed by atoms with van der Waals surface area (Å²) in [6.07, 6.45) is 3.48. The van der Waals surface area contributed by atoms with Gasteiger partial charge in [0.2, 0.25) is 5.91 Å². The standard InChI is InChI=1S/C13H18N2O4/c1-8(12(16)15-10-3-4-10)14-6-11-5-9(7-19-11)13(17)18-2/h5,7-8,10,14H,3-4,6H2,1-2H3,(H,15,16). The Hall–Kier alpha value is -1.82. The van der Waals surface area contributed by atoms with Crippen molar-refractivity contribution in [3.63, 3.8) is 0 Å². The van der Waals surface area contributed by atoms with Crippen molar-refractivity contribution in [2.45, 2.75) is 38.4 Å². The van der Waals surface area contributed by atoms with E-state index in [1.54, 1.807) is 13.0 Å². The average molecular weight is 266 g/mol. The number of methoxy groups -OCH3 is 1. The number of carbonyl (C=O) groups excluding carboxylic acids is 2. The highest BCUT2D eigenvalue weighted by Gasteiger charge is 2.25. The minimum atomic E-state index is -0.436. The Morgan fingerprint density at radius 1 is 1.53 bits per heavy atom. The highest BCUT2D eigenvalue weighted by Crippen LogP contribution is 2.18. The minimum Gasteiger partial charge on any atom is -0.467 e. The number of carbonyl (C=O) groups is 2. The molecule has 2 N–H and O–H groups in total. The molecule has 1 aliphatic rings. The van der Waals surface area contributed by atoms with Crippen molar-refractivity contribution in [1.29, 1.82) is 0 Å². The van der Waals surface area contributed by atoms with Crippen LogP contribution >= 0.6 is 0 Å². The SMILES string of the molecule is COC(=O)c1coc(CNC(C)C(=O)NC2CC2)c1. The molecule has 0 saturated heterocycles. The van der Waals surface area contributed by atoms with Crippen molar-refractivity contribution in [1.82, 2.24) is 10.6 Å². The van der Waals surface area contributed by atoms with Gasteiger partial charge in [-0.2, -0.15) is 0 Å². The van der Waals surface area contributed by atoms with Crippen molar-refractivity contribution in [2.24, 2.45) is 0 Å². The molecule has 1 unspecified atom stereocenters. The quantitative estimate of drug-likeness (QED) is 0.745. The number of ether oxygens (including phenoxy) is 1. The smallest absolute Gasteiger partial charge is 0.341 e. The van der Waals surface area contributed by atoms with Gasteiger partial charge in [0.1, 0.15) is 12.0 Å². The third-order valence-corrected chi connectivity index (χ3v) is 2.97. The molecule has 0 radical (unpaired) electrons. The summed E-state index contributed by atoms with van der Waals surface area (Å²) in [5.41, 5.74) is 0.370. The number of esters is 1. The molecular weight excluding hydrogens is 248 g/mol. The van der Waals surface area contributed by atoms with Crippen LogP contribution in [0.3, 0.4) is 0 Å². The van der Waals surface area contributed by atoms with Gasteiger partial charge in [-0.3, -0.25) is 10.1 Å². The minimum absolute atomic E-state index is 0.0118. The van der Waals surface area contributed by atoms with Crippen molar-refractivity contribution >= 4 is 11.9 Å². The van der Waals surface area contributed by atoms with Gasteiger partial charge in [-0.05, 0) is 25.8 Å². The zero-order valence-corrected chi connectivity index (χ0v) is 11.1. The molecule has 1 saturated carbocycles. The molecular formula is C13H18N2O4. The van der Waals surface area contributed by atoms with E-state index in [1.807, 2.05) is 0 Å². The van der Waals surface area contributed by atoms with E-state index < -0.39 is 5.97 Å². The van der Waals surface area contributed by atoms with Gasteiger partial charge in [0.05, 0.1) is 25.3 Å². The molecule has 0 aromatic carbocycles. The third kappa shape index (κ3) is 3.82. The summed E-state index contributed by atoms with van der Waals surface area (Å²) in [6.45, 7) is 2.18. The second kappa shape index (κ2) is 5.88. The fraction of sp³-hybridized carbons (Fsp3) is 0.538. The third-order valence-electron chi connectivity index (χ3n) is 2.97. The lowest BCUT2D eigenvalue weighted by atomic mass is 10.2. The second-order valence-corrected chi connectivity index (χ2v) is 4.68. The van der Waals surface area contributed by atoms with E-state index >= 15 is 0 Å². The van der Waals surface area contributed by atoms with Crippen LogP contribution in [-0.2, 0) is 16.1 Å². The van der Waals surface area contributed by atoms with Crippen LogP contribution in [0.15, 0.2) is 16.7 Å². The molecule has 0 aliphatic heterocycles. The predicted octanol–water partition coefficient (Wildman–Crippen LogP) is 0.823. The van der Waals surface area contributed by atoms with E-state index in [0.29, 0.717) is 23.9 Å². The van der Waals surface area contributed by atoms with E-state index in [4.69, 9.17) is 4.42 Å². The van der Waals surface area contributed by atoms with Crippen LogP contribution in [0.4, 0.5) is 0 Å². The summed E-state index contributed by atoms with van der Waals surface area (Å²) in [7, 11) is 1.32. The van der Waals surface area contributed by atoms with Crippen LogP contribution < -0.4 is 10.6 Å². The summed E-state index contributed by atoms with van der Waals surface area (Å²) in [6, 6.07) is 1.66. The lowest BCUT2D eigenvalue weighted by molar-refractivity contribution is -0.122. The first-order valence-corrected chi connectivity index (χ1v) is 6.29. The van der Waals surface area contributed by atoms with Crippen LogP contribution in [0.1, 0.15) is 35.9 Å². The van der Waals surface area contributed by atoms with Crippen molar-refractivity contribution in [2.75, 3.05) is 7.11 Å². The lowest BCUT2D eigenvalue weighted by Gasteiger charge is -2.12. The number of hydrogen-bond acceptors (Lipinski definition) is 5. The molecule has 19 heavy (non-hydrogen) atoms. The maximum atomic E-state index is 11.7.